The van der Waals surface area contributed by atoms with E-state index in [0.29, 0.717) is 0 Å². The van der Waals surface area contributed by atoms with E-state index in [4.69, 9.17) is 0 Å². The highest BCUT2D eigenvalue weighted by atomic mass is 32.2. The first-order valence-corrected chi connectivity index (χ1v) is 18.0. The Labute approximate surface area is 217 Å². The Kier molecular flexibility index (Phi) is 5.15. The van der Waals surface area contributed by atoms with Gasteiger partial charge < -0.3 is 0 Å². The molecule has 0 aromatic heterocycles. The molecule has 0 radical (unpaired) electrons. The van der Waals surface area contributed by atoms with E-state index in [1.807, 2.05) is 0 Å². The summed E-state index contributed by atoms with van der Waals surface area (Å²) in [7, 11) is 0. The van der Waals surface area contributed by atoms with Crippen LogP contribution < -0.4 is 0 Å². The van der Waals surface area contributed by atoms with Crippen molar-refractivity contribution in [2.45, 2.75) is 124 Å². The topological polar surface area (TPSA) is 0 Å². The smallest absolute Gasteiger partial charge is 0.0112 e. The van der Waals surface area contributed by atoms with Crippen LogP contribution in [0.4, 0.5) is 0 Å². The lowest BCUT2D eigenvalue weighted by molar-refractivity contribution is -0.00542. The maximum atomic E-state index is 2.54. The van der Waals surface area contributed by atoms with Gasteiger partial charge in [0, 0.05) is 21.0 Å². The predicted octanol–water partition coefficient (Wildman–Crippen LogP) is 8.69. The van der Waals surface area contributed by atoms with Gasteiger partial charge in [0.1, 0.15) is 0 Å². The van der Waals surface area contributed by atoms with Crippen LogP contribution in [0.25, 0.3) is 0 Å². The molecule has 0 N–H and O–H groups in total. The van der Waals surface area contributed by atoms with Crippen LogP contribution in [0.3, 0.4) is 0 Å². The van der Waals surface area contributed by atoms with E-state index < -0.39 is 0 Å². The Morgan fingerprint density at radius 1 is 0.324 bits per heavy atom. The first-order chi connectivity index (χ1) is 16.8. The summed E-state index contributed by atoms with van der Waals surface area (Å²) in [4.78, 5) is 0. The second-order valence-corrected chi connectivity index (χ2v) is 18.1. The van der Waals surface area contributed by atoms with E-state index >= 15 is 0 Å². The SMILES string of the molecule is C1CCC2C(C1)SC1C3CC4CC5CC6CC7C8CCCCC8SC7C6CC5CC4CC3CC21. The van der Waals surface area contributed by atoms with Gasteiger partial charge in [-0.25, -0.2) is 0 Å². The van der Waals surface area contributed by atoms with Crippen LogP contribution in [0, 0.1) is 71.0 Å². The fraction of sp³-hybridized carbons (Fsp3) is 1.00. The van der Waals surface area contributed by atoms with Gasteiger partial charge in [-0.1, -0.05) is 25.7 Å². The summed E-state index contributed by atoms with van der Waals surface area (Å²) in [6.07, 6.45) is 25.9. The van der Waals surface area contributed by atoms with Crippen molar-refractivity contribution in [1.82, 2.24) is 0 Å². The molecule has 7 aliphatic carbocycles. The lowest BCUT2D eigenvalue weighted by Crippen LogP contribution is -2.43. The first-order valence-electron chi connectivity index (χ1n) is 16.1. The number of thioether (sulfide) groups is 2. The molecule has 9 rings (SSSR count). The van der Waals surface area contributed by atoms with Crippen LogP contribution in [-0.4, -0.2) is 21.0 Å². The van der Waals surface area contributed by atoms with Crippen LogP contribution in [-0.2, 0) is 0 Å². The highest BCUT2D eigenvalue weighted by Crippen LogP contribution is 2.68. The molecule has 2 aliphatic heterocycles. The quantitative estimate of drug-likeness (QED) is 0.329. The van der Waals surface area contributed by atoms with Crippen molar-refractivity contribution < 1.29 is 0 Å². The third-order valence-corrected chi connectivity index (χ3v) is 18.1. The zero-order chi connectivity index (χ0) is 22.0. The monoisotopic (exact) mass is 496 g/mol. The predicted molar refractivity (Wildman–Crippen MR) is 146 cm³/mol. The molecule has 34 heavy (non-hydrogen) atoms. The van der Waals surface area contributed by atoms with Gasteiger partial charge in [-0.2, -0.15) is 23.5 Å². The van der Waals surface area contributed by atoms with E-state index in [1.54, 1.807) is 103 Å². The minimum Gasteiger partial charge on any atom is -0.154 e. The van der Waals surface area contributed by atoms with Gasteiger partial charge in [-0.3, -0.25) is 0 Å². The van der Waals surface area contributed by atoms with Gasteiger partial charge in [-0.05, 0) is 148 Å². The number of fused-ring (bicyclic) bond motifs is 12. The fourth-order valence-corrected chi connectivity index (χ4v) is 17.7. The molecule has 0 spiro atoms. The molecule has 2 saturated heterocycles. The van der Waals surface area contributed by atoms with Crippen molar-refractivity contribution in [1.29, 1.82) is 0 Å². The second-order valence-electron chi connectivity index (χ2n) is 15.3. The van der Waals surface area contributed by atoms with Gasteiger partial charge >= 0.3 is 0 Å². The minimum atomic E-state index is 1.08. The summed E-state index contributed by atoms with van der Waals surface area (Å²) in [5, 5.41) is 4.36. The van der Waals surface area contributed by atoms with E-state index in [-0.39, 0.29) is 0 Å². The van der Waals surface area contributed by atoms with Crippen molar-refractivity contribution in [3.8, 4) is 0 Å². The molecule has 0 nitrogen and oxygen atoms in total. The van der Waals surface area contributed by atoms with E-state index in [9.17, 15) is 0 Å². The molecule has 0 amide bonds. The molecule has 9 aliphatic rings. The third kappa shape index (κ3) is 3.12. The highest BCUT2D eigenvalue weighted by molar-refractivity contribution is 8.01. The molecule has 0 aromatic rings. The molecule has 7 saturated carbocycles. The van der Waals surface area contributed by atoms with Crippen LogP contribution in [0.2, 0.25) is 0 Å². The summed E-state index contributed by atoms with van der Waals surface area (Å²) in [6, 6.07) is 0. The maximum absolute atomic E-state index is 2.54. The third-order valence-electron chi connectivity index (χ3n) is 14.2. The van der Waals surface area contributed by atoms with Crippen molar-refractivity contribution >= 4 is 23.5 Å². The van der Waals surface area contributed by atoms with Crippen LogP contribution in [0.5, 0.6) is 0 Å². The molecule has 188 valence electrons. The average molecular weight is 497 g/mol. The summed E-state index contributed by atoms with van der Waals surface area (Å²) in [5.74, 6) is 13.7. The minimum absolute atomic E-state index is 1.08. The molecule has 9 fully saturated rings. The summed E-state index contributed by atoms with van der Waals surface area (Å²) in [6.45, 7) is 0. The van der Waals surface area contributed by atoms with E-state index in [2.05, 4.69) is 23.5 Å². The Morgan fingerprint density at radius 3 is 1.21 bits per heavy atom. The van der Waals surface area contributed by atoms with Crippen LogP contribution in [0.15, 0.2) is 0 Å². The molecule has 2 heterocycles. The molecule has 16 unspecified atom stereocenters. The average Bonchev–Trinajstić information content (AvgIpc) is 3.58. The van der Waals surface area contributed by atoms with Crippen LogP contribution >= 0.6 is 23.5 Å². The van der Waals surface area contributed by atoms with Crippen LogP contribution in [0.1, 0.15) is 103 Å². The van der Waals surface area contributed by atoms with Gasteiger partial charge in [0.05, 0.1) is 0 Å². The van der Waals surface area contributed by atoms with Gasteiger partial charge in [0.2, 0.25) is 0 Å². The summed E-state index contributed by atoms with van der Waals surface area (Å²) in [5.41, 5.74) is 0. The molecular weight excluding hydrogens is 448 g/mol. The summed E-state index contributed by atoms with van der Waals surface area (Å²) >= 11 is 5.08. The first kappa shape index (κ1) is 21.6. The zero-order valence-corrected chi connectivity index (χ0v) is 23.0. The second kappa shape index (κ2) is 8.10. The molecule has 16 atom stereocenters. The lowest BCUT2D eigenvalue weighted by Gasteiger charge is -2.52. The lowest BCUT2D eigenvalue weighted by atomic mass is 9.55. The van der Waals surface area contributed by atoms with E-state index in [1.165, 1.54) is 0 Å². The molecular formula is C32H48S2. The van der Waals surface area contributed by atoms with Gasteiger partial charge in [0.25, 0.3) is 0 Å². The molecule has 0 bridgehead atoms. The number of hydrogen-bond donors (Lipinski definition) is 0. The highest BCUT2D eigenvalue weighted by Gasteiger charge is 2.60. The Hall–Kier alpha value is 0.700. The molecule has 0 aromatic carbocycles. The number of hydrogen-bond acceptors (Lipinski definition) is 2. The van der Waals surface area contributed by atoms with Crippen molar-refractivity contribution in [2.24, 2.45) is 71.0 Å². The fourth-order valence-electron chi connectivity index (χ4n) is 13.1. The van der Waals surface area contributed by atoms with Crippen molar-refractivity contribution in [3.05, 3.63) is 0 Å². The maximum Gasteiger partial charge on any atom is 0.0112 e. The summed E-state index contributed by atoms with van der Waals surface area (Å²) < 4.78 is 0. The zero-order valence-electron chi connectivity index (χ0n) is 21.4. The standard InChI is InChI=1S/C32H48S2/c1-3-7-29-23(5-1)27-15-21-11-17-9-20-14-26-22(12-18(20)10-19(17)13-25(21)31(27)33-29)16-28-24-6-2-4-8-30(24)34-32(26)28/h17-32H,1-16H2. The largest absolute Gasteiger partial charge is 0.154 e. The Bertz CT molecular complexity index is 743. The van der Waals surface area contributed by atoms with Gasteiger partial charge in [0.15, 0.2) is 0 Å². The molecule has 2 heteroatoms. The normalized spacial score (nSPS) is 63.5. The Morgan fingerprint density at radius 2 is 0.706 bits per heavy atom. The van der Waals surface area contributed by atoms with Crippen molar-refractivity contribution in [3.63, 3.8) is 0 Å². The number of rotatable bonds is 0. The van der Waals surface area contributed by atoms with E-state index in [0.717, 1.165) is 92.0 Å². The van der Waals surface area contributed by atoms with Crippen molar-refractivity contribution in [2.75, 3.05) is 0 Å². The van der Waals surface area contributed by atoms with Gasteiger partial charge in [-0.15, -0.1) is 0 Å². The Balaban J connectivity index is 0.905.